The molecule has 6 nitrogen and oxygen atoms in total. The van der Waals surface area contributed by atoms with Crippen LogP contribution in [0.5, 0.6) is 5.75 Å². The predicted molar refractivity (Wildman–Crippen MR) is 93.2 cm³/mol. The van der Waals surface area contributed by atoms with Gasteiger partial charge in [0.25, 0.3) is 5.91 Å². The Morgan fingerprint density at radius 3 is 2.24 bits per heavy atom. The number of nitrogens with zero attached hydrogens (tertiary/aromatic N) is 1. The number of anilines is 1. The molecule has 3 rings (SSSR count). The molecule has 0 saturated carbocycles. The molecular weight excluding hydrogens is 320 g/mol. The number of rotatable bonds is 4. The van der Waals surface area contributed by atoms with Crippen LogP contribution in [0.25, 0.3) is 5.69 Å². The number of benzene rings is 2. The van der Waals surface area contributed by atoms with Gasteiger partial charge in [0, 0.05) is 23.6 Å². The summed E-state index contributed by atoms with van der Waals surface area (Å²) in [5, 5.41) is 12.6. The molecule has 0 aliphatic rings. The summed E-state index contributed by atoms with van der Waals surface area (Å²) in [6.45, 7) is 0. The van der Waals surface area contributed by atoms with E-state index in [1.807, 2.05) is 41.2 Å². The summed E-state index contributed by atoms with van der Waals surface area (Å²) in [6, 6.07) is 15.1. The van der Waals surface area contributed by atoms with Crippen LogP contribution >= 0.6 is 0 Å². The molecule has 2 aromatic carbocycles. The van der Waals surface area contributed by atoms with E-state index in [0.717, 1.165) is 5.69 Å². The summed E-state index contributed by atoms with van der Waals surface area (Å²) in [6.07, 6.45) is 3.83. The summed E-state index contributed by atoms with van der Waals surface area (Å²) >= 11 is 0. The molecule has 0 saturated heterocycles. The van der Waals surface area contributed by atoms with Gasteiger partial charge < -0.3 is 19.7 Å². The summed E-state index contributed by atoms with van der Waals surface area (Å²) in [4.78, 5) is 23.7. The lowest BCUT2D eigenvalue weighted by atomic mass is 10.1. The molecule has 1 heterocycles. The summed E-state index contributed by atoms with van der Waals surface area (Å²) < 4.78 is 6.51. The van der Waals surface area contributed by atoms with Gasteiger partial charge in [0.1, 0.15) is 5.75 Å². The maximum absolute atomic E-state index is 12.3. The van der Waals surface area contributed by atoms with Gasteiger partial charge in [0.05, 0.1) is 18.4 Å². The van der Waals surface area contributed by atoms with Crippen molar-refractivity contribution in [2.24, 2.45) is 0 Å². The Morgan fingerprint density at radius 1 is 1.00 bits per heavy atom. The number of nitrogens with one attached hydrogen (secondary N) is 1. The van der Waals surface area contributed by atoms with E-state index in [1.165, 1.54) is 25.3 Å². The van der Waals surface area contributed by atoms with Crippen LogP contribution in [0.3, 0.4) is 0 Å². The number of esters is 1. The zero-order valence-electron chi connectivity index (χ0n) is 13.5. The first-order valence-electron chi connectivity index (χ1n) is 7.54. The zero-order chi connectivity index (χ0) is 17.8. The van der Waals surface area contributed by atoms with E-state index >= 15 is 0 Å². The van der Waals surface area contributed by atoms with E-state index in [9.17, 15) is 14.7 Å². The van der Waals surface area contributed by atoms with Crippen molar-refractivity contribution < 1.29 is 19.4 Å². The lowest BCUT2D eigenvalue weighted by molar-refractivity contribution is 0.0600. The molecule has 0 aliphatic carbocycles. The van der Waals surface area contributed by atoms with Gasteiger partial charge >= 0.3 is 5.97 Å². The number of methoxy groups -OCH3 is 1. The topological polar surface area (TPSA) is 80.6 Å². The molecule has 0 radical (unpaired) electrons. The van der Waals surface area contributed by atoms with Gasteiger partial charge in [-0.25, -0.2) is 4.79 Å². The van der Waals surface area contributed by atoms with E-state index in [1.54, 1.807) is 12.1 Å². The standard InChI is InChI=1S/C19H16N2O4/c1-25-19(24)14-6-9-16(17(22)12-14)20-18(23)13-4-7-15(8-5-13)21-10-2-3-11-21/h2-12,22H,1H3,(H,20,23). The second-order valence-corrected chi connectivity index (χ2v) is 5.31. The highest BCUT2D eigenvalue weighted by Gasteiger charge is 2.12. The van der Waals surface area contributed by atoms with Gasteiger partial charge in [0.15, 0.2) is 0 Å². The molecule has 0 atom stereocenters. The number of hydrogen-bond donors (Lipinski definition) is 2. The lowest BCUT2D eigenvalue weighted by Gasteiger charge is -2.09. The number of aromatic hydroxyl groups is 1. The number of carbonyl (C=O) groups is 2. The Labute approximate surface area is 144 Å². The molecule has 1 aromatic heterocycles. The smallest absolute Gasteiger partial charge is 0.337 e. The molecule has 3 aromatic rings. The van der Waals surface area contributed by atoms with Crippen molar-refractivity contribution >= 4 is 17.6 Å². The lowest BCUT2D eigenvalue weighted by Crippen LogP contribution is -2.12. The second kappa shape index (κ2) is 6.92. The molecule has 126 valence electrons. The van der Waals surface area contributed by atoms with Crippen molar-refractivity contribution in [2.75, 3.05) is 12.4 Å². The van der Waals surface area contributed by atoms with E-state index < -0.39 is 5.97 Å². The molecule has 2 N–H and O–H groups in total. The molecule has 6 heteroatoms. The molecule has 1 amide bonds. The summed E-state index contributed by atoms with van der Waals surface area (Å²) in [5.41, 5.74) is 1.81. The first-order valence-corrected chi connectivity index (χ1v) is 7.54. The summed E-state index contributed by atoms with van der Waals surface area (Å²) in [7, 11) is 1.26. The average molecular weight is 336 g/mol. The predicted octanol–water partition coefficient (Wildman–Crippen LogP) is 3.22. The van der Waals surface area contributed by atoms with Crippen LogP contribution in [-0.4, -0.2) is 28.7 Å². The van der Waals surface area contributed by atoms with Gasteiger partial charge in [-0.05, 0) is 54.6 Å². The molecular formula is C19H16N2O4. The van der Waals surface area contributed by atoms with E-state index in [0.29, 0.717) is 5.56 Å². The van der Waals surface area contributed by atoms with Crippen molar-refractivity contribution in [3.05, 3.63) is 78.1 Å². The highest BCUT2D eigenvalue weighted by Crippen LogP contribution is 2.25. The van der Waals surface area contributed by atoms with Gasteiger partial charge in [-0.3, -0.25) is 4.79 Å². The zero-order valence-corrected chi connectivity index (χ0v) is 13.5. The van der Waals surface area contributed by atoms with Crippen molar-refractivity contribution in [3.63, 3.8) is 0 Å². The Balaban J connectivity index is 1.75. The normalized spacial score (nSPS) is 10.3. The fraction of sp³-hybridized carbons (Fsp3) is 0.0526. The van der Waals surface area contributed by atoms with E-state index in [2.05, 4.69) is 10.1 Å². The third-order valence-corrected chi connectivity index (χ3v) is 3.70. The minimum Gasteiger partial charge on any atom is -0.506 e. The summed E-state index contributed by atoms with van der Waals surface area (Å²) in [5.74, 6) is -1.13. The van der Waals surface area contributed by atoms with Crippen LogP contribution in [0.2, 0.25) is 0 Å². The maximum atomic E-state index is 12.3. The largest absolute Gasteiger partial charge is 0.506 e. The van der Waals surface area contributed by atoms with Crippen molar-refractivity contribution in [2.45, 2.75) is 0 Å². The van der Waals surface area contributed by atoms with Gasteiger partial charge in [-0.15, -0.1) is 0 Å². The fourth-order valence-electron chi connectivity index (χ4n) is 2.37. The minimum absolute atomic E-state index is 0.203. The number of amides is 1. The van der Waals surface area contributed by atoms with Crippen molar-refractivity contribution in [1.82, 2.24) is 4.57 Å². The molecule has 0 aliphatic heterocycles. The van der Waals surface area contributed by atoms with Crippen LogP contribution in [0, 0.1) is 0 Å². The van der Waals surface area contributed by atoms with Crippen LogP contribution in [0.4, 0.5) is 5.69 Å². The van der Waals surface area contributed by atoms with Crippen LogP contribution < -0.4 is 5.32 Å². The first-order chi connectivity index (χ1) is 12.1. The van der Waals surface area contributed by atoms with Crippen LogP contribution in [0.1, 0.15) is 20.7 Å². The SMILES string of the molecule is COC(=O)c1ccc(NC(=O)c2ccc(-n3cccc3)cc2)c(O)c1. The third-order valence-electron chi connectivity index (χ3n) is 3.70. The molecule has 25 heavy (non-hydrogen) atoms. The van der Waals surface area contributed by atoms with Gasteiger partial charge in [-0.1, -0.05) is 0 Å². The van der Waals surface area contributed by atoms with Gasteiger partial charge in [0.2, 0.25) is 0 Å². The molecule has 0 bridgehead atoms. The Hall–Kier alpha value is -3.54. The number of phenols is 1. The van der Waals surface area contributed by atoms with E-state index in [4.69, 9.17) is 0 Å². The highest BCUT2D eigenvalue weighted by atomic mass is 16.5. The Bertz CT molecular complexity index is 900. The molecule has 0 unspecified atom stereocenters. The van der Waals surface area contributed by atoms with Gasteiger partial charge in [-0.2, -0.15) is 0 Å². The highest BCUT2D eigenvalue weighted by molar-refractivity contribution is 6.05. The monoisotopic (exact) mass is 336 g/mol. The Kier molecular flexibility index (Phi) is 4.52. The van der Waals surface area contributed by atoms with E-state index in [-0.39, 0.29) is 22.9 Å². The maximum Gasteiger partial charge on any atom is 0.337 e. The Morgan fingerprint density at radius 2 is 1.64 bits per heavy atom. The first kappa shape index (κ1) is 16.3. The van der Waals surface area contributed by atoms with Crippen LogP contribution in [-0.2, 0) is 4.74 Å². The molecule has 0 fully saturated rings. The van der Waals surface area contributed by atoms with Crippen LogP contribution in [0.15, 0.2) is 67.0 Å². The number of hydrogen-bond acceptors (Lipinski definition) is 4. The van der Waals surface area contributed by atoms with Crippen molar-refractivity contribution in [1.29, 1.82) is 0 Å². The number of aromatic nitrogens is 1. The molecule has 0 spiro atoms. The minimum atomic E-state index is -0.561. The number of ether oxygens (including phenoxy) is 1. The average Bonchev–Trinajstić information content (AvgIpc) is 3.17. The quantitative estimate of drug-likeness (QED) is 0.566. The number of carbonyl (C=O) groups excluding carboxylic acids is 2. The second-order valence-electron chi connectivity index (χ2n) is 5.31. The number of phenolic OH excluding ortho intramolecular Hbond substituents is 1. The third kappa shape index (κ3) is 3.53. The van der Waals surface area contributed by atoms with Crippen molar-refractivity contribution in [3.8, 4) is 11.4 Å². The fourth-order valence-corrected chi connectivity index (χ4v) is 2.37.